The van der Waals surface area contributed by atoms with Gasteiger partial charge in [-0.15, -0.1) is 0 Å². The SMILES string of the molecule is CC(C)C[C@H](NC(=O)[C@H](CCC(=O)O)NC(=O)[C@H](CCC(=O)O)NC(=O)[C@H](CC(C)C)NC(=O)[C@H](CCC(=O)O)NC(=O)[C@H](CCCCN)NC(=O)[C@@H](N)CCCCN)C(=O)O. The minimum Gasteiger partial charge on any atom is -0.481 e. The fourth-order valence-electron chi connectivity index (χ4n) is 6.05. The predicted octanol–water partition coefficient (Wildman–Crippen LogP) is -1.75. The number of carboxylic acid groups (broad SMARTS) is 4. The molecule has 0 aromatic carbocycles. The molecule has 0 aromatic rings. The van der Waals surface area contributed by atoms with E-state index in [2.05, 4.69) is 31.9 Å². The summed E-state index contributed by atoms with van der Waals surface area (Å²) < 4.78 is 0. The molecule has 0 aliphatic heterocycles. The first-order valence-corrected chi connectivity index (χ1v) is 20.9. The predicted molar refractivity (Wildman–Crippen MR) is 223 cm³/mol. The Morgan fingerprint density at radius 1 is 0.403 bits per heavy atom. The normalized spacial score (nSPS) is 14.5. The van der Waals surface area contributed by atoms with Crippen molar-refractivity contribution in [3.05, 3.63) is 0 Å². The summed E-state index contributed by atoms with van der Waals surface area (Å²) in [5, 5.41) is 52.2. The molecule has 6 amide bonds. The summed E-state index contributed by atoms with van der Waals surface area (Å²) in [5.41, 5.74) is 17.1. The van der Waals surface area contributed by atoms with Crippen molar-refractivity contribution in [3.63, 3.8) is 0 Å². The van der Waals surface area contributed by atoms with Crippen molar-refractivity contribution >= 4 is 59.3 Å². The Morgan fingerprint density at radius 3 is 1.03 bits per heavy atom. The zero-order valence-electron chi connectivity index (χ0n) is 36.1. The van der Waals surface area contributed by atoms with E-state index in [4.69, 9.17) is 17.2 Å². The van der Waals surface area contributed by atoms with Gasteiger partial charge in [0, 0.05) is 19.3 Å². The molecular weight excluding hydrogens is 818 g/mol. The van der Waals surface area contributed by atoms with E-state index in [1.807, 2.05) is 0 Å². The lowest BCUT2D eigenvalue weighted by atomic mass is 10.0. The Bertz CT molecular complexity index is 1510. The lowest BCUT2D eigenvalue weighted by Gasteiger charge is -2.28. The van der Waals surface area contributed by atoms with Gasteiger partial charge in [0.05, 0.1) is 6.04 Å². The van der Waals surface area contributed by atoms with Gasteiger partial charge in [-0.2, -0.15) is 0 Å². The number of hydrogen-bond donors (Lipinski definition) is 13. The van der Waals surface area contributed by atoms with E-state index in [9.17, 15) is 68.4 Å². The number of carbonyl (C=O) groups is 10. The molecule has 16 N–H and O–H groups in total. The molecule has 7 atom stereocenters. The molecule has 0 aromatic heterocycles. The van der Waals surface area contributed by atoms with E-state index >= 15 is 0 Å². The molecule has 0 radical (unpaired) electrons. The van der Waals surface area contributed by atoms with Crippen LogP contribution in [0.25, 0.3) is 0 Å². The van der Waals surface area contributed by atoms with Crippen LogP contribution in [0.1, 0.15) is 118 Å². The lowest BCUT2D eigenvalue weighted by Crippen LogP contribution is -2.60. The zero-order chi connectivity index (χ0) is 47.5. The Morgan fingerprint density at radius 2 is 0.694 bits per heavy atom. The van der Waals surface area contributed by atoms with Crippen LogP contribution in [-0.4, -0.2) is 135 Å². The molecule has 354 valence electrons. The molecule has 0 saturated heterocycles. The van der Waals surface area contributed by atoms with E-state index in [0.29, 0.717) is 32.2 Å². The Hall–Kier alpha value is -5.42. The van der Waals surface area contributed by atoms with E-state index in [1.54, 1.807) is 27.7 Å². The van der Waals surface area contributed by atoms with Crippen LogP contribution in [-0.2, 0) is 47.9 Å². The number of rotatable bonds is 34. The second kappa shape index (κ2) is 30.6. The molecule has 0 aliphatic carbocycles. The molecule has 23 heteroatoms. The van der Waals surface area contributed by atoms with Crippen LogP contribution in [0.15, 0.2) is 0 Å². The van der Waals surface area contributed by atoms with E-state index in [-0.39, 0.29) is 44.1 Å². The van der Waals surface area contributed by atoms with Crippen LogP contribution in [0.5, 0.6) is 0 Å². The maximum atomic E-state index is 13.8. The lowest BCUT2D eigenvalue weighted by molar-refractivity contribution is -0.143. The van der Waals surface area contributed by atoms with Gasteiger partial charge in [0.1, 0.15) is 36.3 Å². The standard InChI is InChI=1S/C39H69N9O14/c1-21(2)19-28(47-36(58)26(12-15-31(51)52)44-34(56)24(10-6-8-18-41)43-33(55)23(42)9-5-7-17-40)38(60)46-25(11-14-30(49)50)35(57)45-27(13-16-32(53)54)37(59)48-29(39(61)62)20-22(3)4/h21-29H,5-20,40-42H2,1-4H3,(H,43,55)(H,44,56)(H,45,57)(H,46,60)(H,47,58)(H,48,59)(H,49,50)(H,51,52)(H,53,54)(H,61,62)/t23-,24-,25-,26-,27-,28-,29-/m0/s1. The first kappa shape index (κ1) is 56.6. The molecule has 0 heterocycles. The second-order valence-electron chi connectivity index (χ2n) is 15.9. The van der Waals surface area contributed by atoms with E-state index < -0.39 is 140 Å². The van der Waals surface area contributed by atoms with Gasteiger partial charge in [-0.05, 0) is 89.1 Å². The highest BCUT2D eigenvalue weighted by Crippen LogP contribution is 2.12. The number of amides is 6. The number of aliphatic carboxylic acids is 4. The third-order valence-corrected chi connectivity index (χ3v) is 9.39. The fraction of sp³-hybridized carbons (Fsp3) is 0.744. The molecule has 62 heavy (non-hydrogen) atoms. The highest BCUT2D eigenvalue weighted by molar-refractivity contribution is 5.97. The van der Waals surface area contributed by atoms with Crippen molar-refractivity contribution in [1.82, 2.24) is 31.9 Å². The molecular formula is C39H69N9O14. The Balaban J connectivity index is 6.54. The number of nitrogens with one attached hydrogen (secondary N) is 6. The molecule has 0 aliphatic rings. The molecule has 0 spiro atoms. The van der Waals surface area contributed by atoms with E-state index in [0.717, 1.165) is 0 Å². The molecule has 23 nitrogen and oxygen atoms in total. The average molecular weight is 888 g/mol. The molecule has 0 saturated carbocycles. The second-order valence-corrected chi connectivity index (χ2v) is 15.9. The largest absolute Gasteiger partial charge is 0.481 e. The van der Waals surface area contributed by atoms with Crippen LogP contribution in [0.3, 0.4) is 0 Å². The number of carboxylic acids is 4. The topological polar surface area (TPSA) is 402 Å². The van der Waals surface area contributed by atoms with Crippen molar-refractivity contribution in [2.75, 3.05) is 13.1 Å². The van der Waals surface area contributed by atoms with Crippen molar-refractivity contribution in [2.24, 2.45) is 29.0 Å². The van der Waals surface area contributed by atoms with Gasteiger partial charge in [-0.3, -0.25) is 43.2 Å². The highest BCUT2D eigenvalue weighted by Gasteiger charge is 2.34. The van der Waals surface area contributed by atoms with Gasteiger partial charge in [0.15, 0.2) is 0 Å². The number of nitrogens with two attached hydrogens (primary N) is 3. The third kappa shape index (κ3) is 24.7. The van der Waals surface area contributed by atoms with Gasteiger partial charge < -0.3 is 69.5 Å². The van der Waals surface area contributed by atoms with Crippen LogP contribution in [0.2, 0.25) is 0 Å². The van der Waals surface area contributed by atoms with Crippen molar-refractivity contribution < 1.29 is 68.4 Å². The monoisotopic (exact) mass is 887 g/mol. The fourth-order valence-corrected chi connectivity index (χ4v) is 6.05. The van der Waals surface area contributed by atoms with Crippen LogP contribution in [0, 0.1) is 11.8 Å². The minimum atomic E-state index is -1.68. The Kier molecular flexibility index (Phi) is 27.9. The van der Waals surface area contributed by atoms with Gasteiger partial charge in [0.2, 0.25) is 35.4 Å². The smallest absolute Gasteiger partial charge is 0.326 e. The third-order valence-electron chi connectivity index (χ3n) is 9.39. The summed E-state index contributed by atoms with van der Waals surface area (Å²) >= 11 is 0. The van der Waals surface area contributed by atoms with Crippen molar-refractivity contribution in [3.8, 4) is 0 Å². The number of carbonyl (C=O) groups excluding carboxylic acids is 6. The molecule has 0 bridgehead atoms. The minimum absolute atomic E-state index is 0.00161. The highest BCUT2D eigenvalue weighted by atomic mass is 16.4. The van der Waals surface area contributed by atoms with Gasteiger partial charge >= 0.3 is 23.9 Å². The first-order chi connectivity index (χ1) is 29.0. The summed E-state index contributed by atoms with van der Waals surface area (Å²) in [6, 6.07) is -9.90. The summed E-state index contributed by atoms with van der Waals surface area (Å²) in [4.78, 5) is 127. The summed E-state index contributed by atoms with van der Waals surface area (Å²) in [6.45, 7) is 7.47. The van der Waals surface area contributed by atoms with Crippen molar-refractivity contribution in [1.29, 1.82) is 0 Å². The maximum absolute atomic E-state index is 13.8. The van der Waals surface area contributed by atoms with Crippen LogP contribution in [0.4, 0.5) is 0 Å². The molecule has 0 unspecified atom stereocenters. The molecule has 0 fully saturated rings. The number of unbranched alkanes of at least 4 members (excludes halogenated alkanes) is 2. The van der Waals surface area contributed by atoms with Gasteiger partial charge in [0.25, 0.3) is 0 Å². The molecule has 0 rings (SSSR count). The quantitative estimate of drug-likeness (QED) is 0.0319. The van der Waals surface area contributed by atoms with Gasteiger partial charge in [-0.25, -0.2) is 4.79 Å². The van der Waals surface area contributed by atoms with Gasteiger partial charge in [-0.1, -0.05) is 34.1 Å². The zero-order valence-corrected chi connectivity index (χ0v) is 36.1. The van der Waals surface area contributed by atoms with Crippen LogP contribution >= 0.6 is 0 Å². The Labute approximate surface area is 361 Å². The average Bonchev–Trinajstić information content (AvgIpc) is 3.17. The van der Waals surface area contributed by atoms with E-state index in [1.165, 1.54) is 0 Å². The summed E-state index contributed by atoms with van der Waals surface area (Å²) in [5.74, 6) is -11.6. The summed E-state index contributed by atoms with van der Waals surface area (Å²) in [7, 11) is 0. The van der Waals surface area contributed by atoms with Crippen LogP contribution < -0.4 is 49.1 Å². The van der Waals surface area contributed by atoms with Crippen molar-refractivity contribution in [2.45, 2.75) is 160 Å². The number of hydrogen-bond acceptors (Lipinski definition) is 13. The summed E-state index contributed by atoms with van der Waals surface area (Å²) in [6.07, 6.45) is -1.07. The maximum Gasteiger partial charge on any atom is 0.326 e. The first-order valence-electron chi connectivity index (χ1n) is 20.9.